The number of ether oxygens (including phenoxy) is 2. The molecule has 0 bridgehead atoms. The van der Waals surface area contributed by atoms with Crippen LogP contribution in [0.4, 0.5) is 14.5 Å². The Hall–Kier alpha value is -3.08. The van der Waals surface area contributed by atoms with Gasteiger partial charge >= 0.3 is 5.97 Å². The number of nitrogen functional groups attached to an aromatic ring is 1. The second-order valence-corrected chi connectivity index (χ2v) is 4.95. The molecular formula is C16H15F2N3O3. The first kappa shape index (κ1) is 17.3. The summed E-state index contributed by atoms with van der Waals surface area (Å²) in [5, 5.41) is 9.13. The van der Waals surface area contributed by atoms with Crippen LogP contribution in [-0.4, -0.2) is 30.7 Å². The maximum absolute atomic E-state index is 12.4. The Morgan fingerprint density at radius 2 is 2.17 bits per heavy atom. The van der Waals surface area contributed by atoms with Crippen molar-refractivity contribution in [3.05, 3.63) is 41.2 Å². The Balaban J connectivity index is 2.65. The molecule has 2 rings (SSSR count). The minimum Gasteiger partial charge on any atom is -0.485 e. The van der Waals surface area contributed by atoms with Crippen LogP contribution in [0.25, 0.3) is 5.69 Å². The van der Waals surface area contributed by atoms with Crippen molar-refractivity contribution in [1.29, 1.82) is 5.26 Å². The van der Waals surface area contributed by atoms with Crippen LogP contribution in [0.15, 0.2) is 24.4 Å². The van der Waals surface area contributed by atoms with Crippen molar-refractivity contribution in [1.82, 2.24) is 4.57 Å². The smallest absolute Gasteiger partial charge is 0.357 e. The lowest BCUT2D eigenvalue weighted by atomic mass is 10.2. The Kier molecular flexibility index (Phi) is 5.04. The molecule has 0 amide bonds. The molecule has 8 heteroatoms. The summed E-state index contributed by atoms with van der Waals surface area (Å²) < 4.78 is 36.0. The molecule has 0 fully saturated rings. The summed E-state index contributed by atoms with van der Waals surface area (Å²) in [6.07, 6.45) is -1.31. The van der Waals surface area contributed by atoms with Crippen LogP contribution >= 0.6 is 0 Å². The summed E-state index contributed by atoms with van der Waals surface area (Å²) in [5.74, 6) is -0.624. The SMILES string of the molecule is COC(=O)c1c(N)c(C#N)cn1-c1cc(C)ccc1OCC(F)F. The summed E-state index contributed by atoms with van der Waals surface area (Å²) in [6.45, 7) is 0.988. The van der Waals surface area contributed by atoms with Crippen LogP contribution in [0.3, 0.4) is 0 Å². The number of halogens is 2. The number of aryl methyl sites for hydroxylation is 1. The average Bonchev–Trinajstić information content (AvgIpc) is 2.89. The van der Waals surface area contributed by atoms with Crippen LogP contribution in [0.1, 0.15) is 21.6 Å². The zero-order valence-corrected chi connectivity index (χ0v) is 13.0. The van der Waals surface area contributed by atoms with E-state index in [0.717, 1.165) is 5.56 Å². The molecule has 1 aromatic carbocycles. The number of alkyl halides is 2. The predicted molar refractivity (Wildman–Crippen MR) is 82.5 cm³/mol. The monoisotopic (exact) mass is 335 g/mol. The van der Waals surface area contributed by atoms with E-state index in [1.54, 1.807) is 19.1 Å². The molecule has 0 radical (unpaired) electrons. The van der Waals surface area contributed by atoms with Crippen LogP contribution < -0.4 is 10.5 Å². The first-order valence-electron chi connectivity index (χ1n) is 6.90. The Labute approximate surface area is 137 Å². The molecule has 24 heavy (non-hydrogen) atoms. The van der Waals surface area contributed by atoms with Gasteiger partial charge in [-0.05, 0) is 24.6 Å². The number of nitrogens with two attached hydrogens (primary N) is 1. The third kappa shape index (κ3) is 3.30. The number of hydrogen-bond donors (Lipinski definition) is 1. The molecule has 1 heterocycles. The first-order chi connectivity index (χ1) is 11.4. The fraction of sp³-hybridized carbons (Fsp3) is 0.250. The molecule has 0 atom stereocenters. The van der Waals surface area contributed by atoms with Gasteiger partial charge in [0.05, 0.1) is 24.0 Å². The topological polar surface area (TPSA) is 90.3 Å². The highest BCUT2D eigenvalue weighted by Crippen LogP contribution is 2.31. The van der Waals surface area contributed by atoms with Gasteiger partial charge in [-0.2, -0.15) is 5.26 Å². The highest BCUT2D eigenvalue weighted by Gasteiger charge is 2.23. The molecule has 2 N–H and O–H groups in total. The first-order valence-corrected chi connectivity index (χ1v) is 6.90. The van der Waals surface area contributed by atoms with Crippen molar-refractivity contribution < 1.29 is 23.0 Å². The number of benzene rings is 1. The van der Waals surface area contributed by atoms with Gasteiger partial charge in [-0.25, -0.2) is 13.6 Å². The predicted octanol–water partition coefficient (Wildman–Crippen LogP) is 2.67. The molecule has 0 unspecified atom stereocenters. The fourth-order valence-electron chi connectivity index (χ4n) is 2.20. The molecule has 0 aliphatic rings. The molecule has 6 nitrogen and oxygen atoms in total. The molecule has 0 saturated carbocycles. The highest BCUT2D eigenvalue weighted by molar-refractivity contribution is 5.96. The van der Waals surface area contributed by atoms with Crippen molar-refractivity contribution in [2.45, 2.75) is 13.3 Å². The molecule has 2 aromatic rings. The molecule has 1 aromatic heterocycles. The van der Waals surface area contributed by atoms with E-state index < -0.39 is 19.0 Å². The third-order valence-corrected chi connectivity index (χ3v) is 3.28. The van der Waals surface area contributed by atoms with Gasteiger partial charge in [0, 0.05) is 6.20 Å². The van der Waals surface area contributed by atoms with E-state index in [0.29, 0.717) is 5.69 Å². The van der Waals surface area contributed by atoms with Crippen molar-refractivity contribution in [2.75, 3.05) is 19.5 Å². The van der Waals surface area contributed by atoms with Crippen molar-refractivity contribution >= 4 is 11.7 Å². The van der Waals surface area contributed by atoms with Gasteiger partial charge in [0.1, 0.15) is 18.4 Å². The van der Waals surface area contributed by atoms with E-state index >= 15 is 0 Å². The maximum atomic E-state index is 12.4. The van der Waals surface area contributed by atoms with Gasteiger partial charge in [0.15, 0.2) is 5.69 Å². The van der Waals surface area contributed by atoms with E-state index in [9.17, 15) is 13.6 Å². The number of carbonyl (C=O) groups is 1. The maximum Gasteiger partial charge on any atom is 0.357 e. The summed E-state index contributed by atoms with van der Waals surface area (Å²) in [6, 6.07) is 6.70. The Bertz CT molecular complexity index is 810. The molecule has 0 saturated heterocycles. The summed E-state index contributed by atoms with van der Waals surface area (Å²) in [4.78, 5) is 12.0. The number of esters is 1. The van der Waals surface area contributed by atoms with Crippen molar-refractivity contribution in [3.8, 4) is 17.5 Å². The zero-order valence-electron chi connectivity index (χ0n) is 13.0. The third-order valence-electron chi connectivity index (χ3n) is 3.28. The number of carbonyl (C=O) groups excluding carboxylic acids is 1. The molecular weight excluding hydrogens is 320 g/mol. The van der Waals surface area contributed by atoms with Gasteiger partial charge in [0.2, 0.25) is 0 Å². The lowest BCUT2D eigenvalue weighted by Gasteiger charge is -2.15. The molecule has 126 valence electrons. The van der Waals surface area contributed by atoms with E-state index in [2.05, 4.69) is 0 Å². The van der Waals surface area contributed by atoms with Gasteiger partial charge in [-0.3, -0.25) is 0 Å². The van der Waals surface area contributed by atoms with Gasteiger partial charge in [-0.15, -0.1) is 0 Å². The van der Waals surface area contributed by atoms with Crippen molar-refractivity contribution in [2.24, 2.45) is 0 Å². The second-order valence-electron chi connectivity index (χ2n) is 4.95. The largest absolute Gasteiger partial charge is 0.485 e. The number of nitriles is 1. The molecule has 0 aliphatic carbocycles. The standard InChI is InChI=1S/C16H15F2N3O3/c1-9-3-4-12(24-8-13(17)18)11(5-9)21-7-10(6-19)14(20)15(21)16(22)23-2/h3-5,7,13H,8,20H2,1-2H3. The number of nitrogens with zero attached hydrogens (tertiary/aromatic N) is 2. The fourth-order valence-corrected chi connectivity index (χ4v) is 2.20. The van der Waals surface area contributed by atoms with E-state index in [-0.39, 0.29) is 22.7 Å². The highest BCUT2D eigenvalue weighted by atomic mass is 19.3. The number of methoxy groups -OCH3 is 1. The summed E-state index contributed by atoms with van der Waals surface area (Å²) in [5.41, 5.74) is 6.89. The number of rotatable bonds is 5. The lowest BCUT2D eigenvalue weighted by molar-refractivity contribution is 0.0592. The Morgan fingerprint density at radius 3 is 2.75 bits per heavy atom. The summed E-state index contributed by atoms with van der Waals surface area (Å²) in [7, 11) is 1.18. The average molecular weight is 335 g/mol. The van der Waals surface area contributed by atoms with E-state index in [4.69, 9.17) is 20.5 Å². The normalized spacial score (nSPS) is 10.5. The van der Waals surface area contributed by atoms with Crippen LogP contribution in [0.5, 0.6) is 5.75 Å². The molecule has 0 spiro atoms. The quantitative estimate of drug-likeness (QED) is 0.848. The van der Waals surface area contributed by atoms with Gasteiger partial charge in [0.25, 0.3) is 6.43 Å². The minimum absolute atomic E-state index is 0.0503. The van der Waals surface area contributed by atoms with Crippen molar-refractivity contribution in [3.63, 3.8) is 0 Å². The number of hydrogen-bond acceptors (Lipinski definition) is 5. The van der Waals surface area contributed by atoms with Gasteiger partial charge < -0.3 is 19.8 Å². The number of anilines is 1. The van der Waals surface area contributed by atoms with Crippen LogP contribution in [0.2, 0.25) is 0 Å². The summed E-state index contributed by atoms with van der Waals surface area (Å²) >= 11 is 0. The Morgan fingerprint density at radius 1 is 1.46 bits per heavy atom. The van der Waals surface area contributed by atoms with Crippen LogP contribution in [0, 0.1) is 18.3 Å². The van der Waals surface area contributed by atoms with E-state index in [1.165, 1.54) is 23.9 Å². The van der Waals surface area contributed by atoms with Crippen LogP contribution in [-0.2, 0) is 4.74 Å². The lowest BCUT2D eigenvalue weighted by Crippen LogP contribution is -2.13. The number of aromatic nitrogens is 1. The van der Waals surface area contributed by atoms with E-state index in [1.807, 2.05) is 6.07 Å². The molecule has 0 aliphatic heterocycles. The minimum atomic E-state index is -2.65. The van der Waals surface area contributed by atoms with Gasteiger partial charge in [-0.1, -0.05) is 6.07 Å². The zero-order chi connectivity index (χ0) is 17.9. The second kappa shape index (κ2) is 7.00.